The van der Waals surface area contributed by atoms with Crippen molar-refractivity contribution < 1.29 is 19.1 Å². The van der Waals surface area contributed by atoms with Gasteiger partial charge in [-0.1, -0.05) is 54.6 Å². The third kappa shape index (κ3) is 2.72. The summed E-state index contributed by atoms with van der Waals surface area (Å²) < 4.78 is 4.94. The Balaban J connectivity index is 1.60. The van der Waals surface area contributed by atoms with Crippen molar-refractivity contribution in [3.8, 4) is 0 Å². The molecule has 6 heteroatoms. The Kier molecular flexibility index (Phi) is 4.37. The Morgan fingerprint density at radius 2 is 1.53 bits per heavy atom. The van der Waals surface area contributed by atoms with Gasteiger partial charge in [0.15, 0.2) is 0 Å². The summed E-state index contributed by atoms with van der Waals surface area (Å²) in [6.45, 7) is 0. The van der Waals surface area contributed by atoms with Crippen molar-refractivity contribution in [2.75, 3.05) is 12.0 Å². The van der Waals surface area contributed by atoms with Crippen LogP contribution in [0.3, 0.4) is 0 Å². The van der Waals surface area contributed by atoms with Gasteiger partial charge in [-0.3, -0.25) is 19.7 Å². The first-order valence-corrected chi connectivity index (χ1v) is 9.85. The average Bonchev–Trinajstić information content (AvgIpc) is 3.30. The number of amides is 2. The molecule has 2 fully saturated rings. The van der Waals surface area contributed by atoms with E-state index >= 15 is 0 Å². The molecule has 5 rings (SSSR count). The van der Waals surface area contributed by atoms with Crippen LogP contribution in [0.1, 0.15) is 11.6 Å². The molecule has 6 nitrogen and oxygen atoms in total. The quantitative estimate of drug-likeness (QED) is 0.541. The molecular formula is C24H20N2O4. The third-order valence-corrected chi connectivity index (χ3v) is 6.08. The first kappa shape index (κ1) is 18.5. The molecule has 0 bridgehead atoms. The van der Waals surface area contributed by atoms with Crippen LogP contribution < -0.4 is 10.2 Å². The number of ether oxygens (including phenoxy) is 1. The lowest BCUT2D eigenvalue weighted by molar-refractivity contribution is -0.145. The molecule has 3 aromatic rings. The number of esters is 1. The Hall–Kier alpha value is -3.51. The highest BCUT2D eigenvalue weighted by atomic mass is 16.5. The number of fused-ring (bicyclic) bond motifs is 2. The maximum Gasteiger partial charge on any atom is 0.323 e. The lowest BCUT2D eigenvalue weighted by atomic mass is 9.86. The zero-order chi connectivity index (χ0) is 20.8. The van der Waals surface area contributed by atoms with E-state index in [1.165, 1.54) is 12.0 Å². The van der Waals surface area contributed by atoms with Crippen LogP contribution >= 0.6 is 0 Å². The van der Waals surface area contributed by atoms with Gasteiger partial charge in [-0.2, -0.15) is 0 Å². The normalized spacial score (nSPS) is 25.6. The number of nitrogens with zero attached hydrogens (tertiary/aromatic N) is 1. The van der Waals surface area contributed by atoms with Gasteiger partial charge in [-0.25, -0.2) is 4.90 Å². The van der Waals surface area contributed by atoms with Crippen molar-refractivity contribution in [2.24, 2.45) is 11.8 Å². The smallest absolute Gasteiger partial charge is 0.323 e. The van der Waals surface area contributed by atoms with Crippen molar-refractivity contribution in [3.05, 3.63) is 78.4 Å². The molecule has 2 amide bonds. The highest BCUT2D eigenvalue weighted by Crippen LogP contribution is 2.45. The number of hydrogen-bond acceptors (Lipinski definition) is 5. The van der Waals surface area contributed by atoms with Gasteiger partial charge in [0.05, 0.1) is 24.6 Å². The van der Waals surface area contributed by atoms with E-state index in [1.807, 2.05) is 48.5 Å². The molecule has 2 saturated heterocycles. The maximum absolute atomic E-state index is 13.4. The number of benzene rings is 3. The molecule has 150 valence electrons. The molecule has 2 heterocycles. The predicted molar refractivity (Wildman–Crippen MR) is 112 cm³/mol. The number of methoxy groups -OCH3 is 1. The predicted octanol–water partition coefficient (Wildman–Crippen LogP) is 2.83. The maximum atomic E-state index is 13.4. The summed E-state index contributed by atoms with van der Waals surface area (Å²) in [4.78, 5) is 40.4. The number of para-hydroxylation sites is 1. The van der Waals surface area contributed by atoms with Gasteiger partial charge in [-0.05, 0) is 34.5 Å². The molecule has 2 aliphatic rings. The Morgan fingerprint density at radius 1 is 0.867 bits per heavy atom. The largest absolute Gasteiger partial charge is 0.468 e. The number of imide groups is 1. The SMILES string of the molecule is COC(=O)[C@@H]1N[C@H](c2ccc3ccccc3c2)[C@@H]2C(=O)N(c3ccccc3)C(=O)[C@@H]21. The second-order valence-electron chi connectivity index (χ2n) is 7.65. The number of carbonyl (C=O) groups excluding carboxylic acids is 3. The number of rotatable bonds is 3. The highest BCUT2D eigenvalue weighted by molar-refractivity contribution is 6.23. The summed E-state index contributed by atoms with van der Waals surface area (Å²) in [5.74, 6) is -2.69. The van der Waals surface area contributed by atoms with Crippen molar-refractivity contribution >= 4 is 34.2 Å². The van der Waals surface area contributed by atoms with Crippen molar-refractivity contribution in [2.45, 2.75) is 12.1 Å². The summed E-state index contributed by atoms with van der Waals surface area (Å²) in [6.07, 6.45) is 0. The van der Waals surface area contributed by atoms with Crippen LogP contribution in [-0.4, -0.2) is 30.9 Å². The fourth-order valence-electron chi connectivity index (χ4n) is 4.69. The molecule has 3 aromatic carbocycles. The third-order valence-electron chi connectivity index (χ3n) is 6.08. The molecule has 0 aromatic heterocycles. The number of nitrogens with one attached hydrogen (secondary N) is 1. The summed E-state index contributed by atoms with van der Waals surface area (Å²) >= 11 is 0. The van der Waals surface area contributed by atoms with E-state index in [9.17, 15) is 14.4 Å². The van der Waals surface area contributed by atoms with E-state index in [0.717, 1.165) is 16.3 Å². The molecule has 0 unspecified atom stereocenters. The number of carbonyl (C=O) groups is 3. The molecule has 2 aliphatic heterocycles. The molecule has 0 radical (unpaired) electrons. The van der Waals surface area contributed by atoms with Crippen LogP contribution in [0.15, 0.2) is 72.8 Å². The summed E-state index contributed by atoms with van der Waals surface area (Å²) in [5, 5.41) is 5.33. The van der Waals surface area contributed by atoms with Gasteiger partial charge in [0.1, 0.15) is 6.04 Å². The highest BCUT2D eigenvalue weighted by Gasteiger charge is 2.61. The topological polar surface area (TPSA) is 75.7 Å². The fourth-order valence-corrected chi connectivity index (χ4v) is 4.69. The molecule has 30 heavy (non-hydrogen) atoms. The van der Waals surface area contributed by atoms with Crippen molar-refractivity contribution in [1.82, 2.24) is 5.32 Å². The Bertz CT molecular complexity index is 1160. The summed E-state index contributed by atoms with van der Waals surface area (Å²) in [5.41, 5.74) is 1.38. The minimum Gasteiger partial charge on any atom is -0.468 e. The van der Waals surface area contributed by atoms with Gasteiger partial charge < -0.3 is 4.74 Å². The van der Waals surface area contributed by atoms with E-state index in [-0.39, 0.29) is 11.8 Å². The number of hydrogen-bond donors (Lipinski definition) is 1. The lowest BCUT2D eigenvalue weighted by Crippen LogP contribution is -2.43. The first-order valence-electron chi connectivity index (χ1n) is 9.85. The minimum atomic E-state index is -0.873. The van der Waals surface area contributed by atoms with Gasteiger partial charge in [0, 0.05) is 6.04 Å². The molecular weight excluding hydrogens is 380 g/mol. The Morgan fingerprint density at radius 3 is 2.27 bits per heavy atom. The van der Waals surface area contributed by atoms with Gasteiger partial charge in [0.2, 0.25) is 11.8 Å². The fraction of sp³-hybridized carbons (Fsp3) is 0.208. The van der Waals surface area contributed by atoms with Crippen LogP contribution in [0.2, 0.25) is 0 Å². The minimum absolute atomic E-state index is 0.298. The van der Waals surface area contributed by atoms with Gasteiger partial charge in [0.25, 0.3) is 0 Å². The summed E-state index contributed by atoms with van der Waals surface area (Å²) in [6, 6.07) is 21.4. The zero-order valence-corrected chi connectivity index (χ0v) is 16.3. The first-order chi connectivity index (χ1) is 14.6. The van der Waals surface area contributed by atoms with Gasteiger partial charge >= 0.3 is 5.97 Å². The Labute approximate surface area is 173 Å². The molecule has 4 atom stereocenters. The molecule has 0 spiro atoms. The second-order valence-corrected chi connectivity index (χ2v) is 7.65. The van der Waals surface area contributed by atoms with Crippen molar-refractivity contribution in [1.29, 1.82) is 0 Å². The molecule has 0 aliphatic carbocycles. The molecule has 1 N–H and O–H groups in total. The van der Waals surface area contributed by atoms with E-state index < -0.39 is 29.9 Å². The van der Waals surface area contributed by atoms with E-state index in [0.29, 0.717) is 5.69 Å². The van der Waals surface area contributed by atoms with Crippen LogP contribution in [0.25, 0.3) is 10.8 Å². The van der Waals surface area contributed by atoms with E-state index in [4.69, 9.17) is 4.74 Å². The average molecular weight is 400 g/mol. The summed E-state index contributed by atoms with van der Waals surface area (Å²) in [7, 11) is 1.29. The van der Waals surface area contributed by atoms with E-state index in [2.05, 4.69) is 5.32 Å². The van der Waals surface area contributed by atoms with Crippen LogP contribution in [0.5, 0.6) is 0 Å². The van der Waals surface area contributed by atoms with Crippen LogP contribution in [-0.2, 0) is 19.1 Å². The number of anilines is 1. The second kappa shape index (κ2) is 7.07. The van der Waals surface area contributed by atoms with E-state index in [1.54, 1.807) is 24.3 Å². The standard InChI is InChI=1S/C24H20N2O4/c1-30-24(29)21-19-18(22(27)26(23(19)28)17-9-3-2-4-10-17)20(25-21)16-12-11-14-7-5-6-8-15(14)13-16/h2-13,18-21,25H,1H3/t18-,19+,20-,21-/m1/s1. The zero-order valence-electron chi connectivity index (χ0n) is 16.3. The van der Waals surface area contributed by atoms with Gasteiger partial charge in [-0.15, -0.1) is 0 Å². The van der Waals surface area contributed by atoms with Crippen LogP contribution in [0, 0.1) is 11.8 Å². The van der Waals surface area contributed by atoms with Crippen molar-refractivity contribution in [3.63, 3.8) is 0 Å². The molecule has 0 saturated carbocycles. The lowest BCUT2D eigenvalue weighted by Gasteiger charge is -2.22. The van der Waals surface area contributed by atoms with Crippen LogP contribution in [0.4, 0.5) is 5.69 Å². The monoisotopic (exact) mass is 400 g/mol.